The molecule has 0 aliphatic carbocycles. The van der Waals surface area contributed by atoms with E-state index in [9.17, 15) is 18.4 Å². The van der Waals surface area contributed by atoms with E-state index in [1.54, 1.807) is 6.07 Å². The number of nitrogens with one attached hydrogen (secondary N) is 1. The highest BCUT2D eigenvalue weighted by molar-refractivity contribution is 6.36. The van der Waals surface area contributed by atoms with E-state index in [0.717, 1.165) is 17.0 Å². The van der Waals surface area contributed by atoms with E-state index in [0.29, 0.717) is 5.56 Å². The van der Waals surface area contributed by atoms with Crippen molar-refractivity contribution in [3.63, 3.8) is 0 Å². The second kappa shape index (κ2) is 8.61. The fourth-order valence-corrected chi connectivity index (χ4v) is 3.65. The minimum Gasteiger partial charge on any atom is -0.452 e. The van der Waals surface area contributed by atoms with Gasteiger partial charge in [-0.25, -0.2) is 13.6 Å². The number of ether oxygens (including phenoxy) is 1. The number of hydrogen-bond donors (Lipinski definition) is 2. The highest BCUT2D eigenvalue weighted by Crippen LogP contribution is 2.45. The van der Waals surface area contributed by atoms with E-state index >= 15 is 0 Å². The van der Waals surface area contributed by atoms with Crippen molar-refractivity contribution in [2.75, 3.05) is 18.1 Å². The van der Waals surface area contributed by atoms with E-state index in [1.807, 2.05) is 0 Å². The Hall–Kier alpha value is -2.29. The number of amides is 3. The second-order valence-corrected chi connectivity index (χ2v) is 7.35. The summed E-state index contributed by atoms with van der Waals surface area (Å²) in [4.78, 5) is 25.1. The normalized spacial score (nSPS) is 15.8. The van der Waals surface area contributed by atoms with Crippen LogP contribution in [0, 0.1) is 5.82 Å². The van der Waals surface area contributed by atoms with Crippen LogP contribution in [0.1, 0.15) is 5.56 Å². The van der Waals surface area contributed by atoms with E-state index in [4.69, 9.17) is 45.3 Å². The van der Waals surface area contributed by atoms with Crippen LogP contribution >= 0.6 is 34.8 Å². The molecule has 0 spiro atoms. The number of carbonyl (C=O) groups is 2. The van der Waals surface area contributed by atoms with Crippen LogP contribution in [0.4, 0.5) is 19.3 Å². The number of nitrogens with two attached hydrogens (primary N) is 1. The third-order valence-electron chi connectivity index (χ3n) is 4.24. The highest BCUT2D eigenvalue weighted by atomic mass is 35.5. The smallest absolute Gasteiger partial charge is 0.312 e. The SMILES string of the molecule is NC(=O)N[C@@H]1Cc2ccc(Cl)c(Oc3cc(F)c(Cl)cc3Cl)c2N(CCF)C1=O. The van der Waals surface area contributed by atoms with Crippen LogP contribution < -0.4 is 20.7 Å². The molecular formula is C18H14Cl3F2N3O3. The molecular weight excluding hydrogens is 451 g/mol. The van der Waals surface area contributed by atoms with E-state index in [2.05, 4.69) is 5.32 Å². The van der Waals surface area contributed by atoms with Gasteiger partial charge < -0.3 is 20.7 Å². The summed E-state index contributed by atoms with van der Waals surface area (Å²) in [6, 6.07) is 3.39. The minimum atomic E-state index is -0.975. The molecule has 1 aliphatic rings. The Labute approximate surface area is 179 Å². The van der Waals surface area contributed by atoms with E-state index in [-0.39, 0.29) is 45.2 Å². The topological polar surface area (TPSA) is 84.7 Å². The molecule has 3 N–H and O–H groups in total. The fraction of sp³-hybridized carbons (Fsp3) is 0.222. The third kappa shape index (κ3) is 4.34. The average Bonchev–Trinajstić information content (AvgIpc) is 2.65. The highest BCUT2D eigenvalue weighted by Gasteiger charge is 2.36. The molecule has 0 fully saturated rings. The largest absolute Gasteiger partial charge is 0.452 e. The maximum atomic E-state index is 13.9. The van der Waals surface area contributed by atoms with Gasteiger partial charge in [0.15, 0.2) is 5.75 Å². The monoisotopic (exact) mass is 463 g/mol. The van der Waals surface area contributed by atoms with Crippen molar-refractivity contribution in [3.05, 3.63) is 50.7 Å². The number of urea groups is 1. The van der Waals surface area contributed by atoms with Gasteiger partial charge in [0.05, 0.1) is 27.3 Å². The fourth-order valence-electron chi connectivity index (χ4n) is 3.03. The molecule has 3 rings (SSSR count). The second-order valence-electron chi connectivity index (χ2n) is 6.13. The van der Waals surface area contributed by atoms with Crippen molar-refractivity contribution in [3.8, 4) is 11.5 Å². The van der Waals surface area contributed by atoms with Gasteiger partial charge in [0.25, 0.3) is 0 Å². The summed E-state index contributed by atoms with van der Waals surface area (Å²) in [5, 5.41) is 2.24. The lowest BCUT2D eigenvalue weighted by atomic mass is 9.96. The Kier molecular flexibility index (Phi) is 6.36. The molecule has 11 heteroatoms. The van der Waals surface area contributed by atoms with Crippen LogP contribution in [-0.2, 0) is 11.2 Å². The third-order valence-corrected chi connectivity index (χ3v) is 5.12. The van der Waals surface area contributed by atoms with Gasteiger partial charge >= 0.3 is 6.03 Å². The minimum absolute atomic E-state index is 0.00730. The van der Waals surface area contributed by atoms with Gasteiger partial charge in [0.1, 0.15) is 24.3 Å². The van der Waals surface area contributed by atoms with Crippen LogP contribution in [0.25, 0.3) is 0 Å². The van der Waals surface area contributed by atoms with Crippen molar-refractivity contribution in [2.24, 2.45) is 5.73 Å². The molecule has 6 nitrogen and oxygen atoms in total. The summed E-state index contributed by atoms with van der Waals surface area (Å²) in [7, 11) is 0. The summed E-state index contributed by atoms with van der Waals surface area (Å²) in [5.74, 6) is -1.45. The van der Waals surface area contributed by atoms with E-state index < -0.39 is 30.5 Å². The number of alkyl halides is 1. The number of halogens is 5. The van der Waals surface area contributed by atoms with Gasteiger partial charge in [-0.3, -0.25) is 4.79 Å². The van der Waals surface area contributed by atoms with Crippen molar-refractivity contribution in [1.82, 2.24) is 5.32 Å². The van der Waals surface area contributed by atoms with E-state index in [1.165, 1.54) is 6.07 Å². The number of anilines is 1. The predicted octanol–water partition coefficient (Wildman–Crippen LogP) is 4.47. The molecule has 3 amide bonds. The number of fused-ring (bicyclic) bond motifs is 1. The number of rotatable bonds is 5. The van der Waals surface area contributed by atoms with Gasteiger partial charge in [-0.1, -0.05) is 40.9 Å². The first-order valence-electron chi connectivity index (χ1n) is 8.30. The van der Waals surface area contributed by atoms with Crippen LogP contribution in [-0.4, -0.2) is 31.2 Å². The Balaban J connectivity index is 2.10. The zero-order chi connectivity index (χ0) is 21.3. The molecule has 0 bridgehead atoms. The van der Waals surface area contributed by atoms with Crippen LogP contribution in [0.3, 0.4) is 0 Å². The quantitative estimate of drug-likeness (QED) is 0.640. The van der Waals surface area contributed by atoms with Crippen molar-refractivity contribution in [2.45, 2.75) is 12.5 Å². The van der Waals surface area contributed by atoms with Crippen LogP contribution in [0.15, 0.2) is 24.3 Å². The zero-order valence-corrected chi connectivity index (χ0v) is 16.9. The van der Waals surface area contributed by atoms with Gasteiger partial charge in [-0.15, -0.1) is 0 Å². The number of hydrogen-bond acceptors (Lipinski definition) is 3. The maximum Gasteiger partial charge on any atom is 0.312 e. The predicted molar refractivity (Wildman–Crippen MR) is 106 cm³/mol. The zero-order valence-electron chi connectivity index (χ0n) is 14.6. The molecule has 0 aromatic heterocycles. The van der Waals surface area contributed by atoms with Crippen molar-refractivity contribution < 1.29 is 23.1 Å². The molecule has 2 aromatic carbocycles. The summed E-state index contributed by atoms with van der Waals surface area (Å²) < 4.78 is 32.8. The first kappa shape index (κ1) is 21.4. The van der Waals surface area contributed by atoms with Crippen molar-refractivity contribution in [1.29, 1.82) is 0 Å². The summed E-state index contributed by atoms with van der Waals surface area (Å²) in [6.45, 7) is -1.18. The van der Waals surface area contributed by atoms with Gasteiger partial charge in [-0.05, 0) is 17.7 Å². The maximum absolute atomic E-state index is 13.9. The Morgan fingerprint density at radius 2 is 1.97 bits per heavy atom. The van der Waals surface area contributed by atoms with Gasteiger partial charge in [-0.2, -0.15) is 0 Å². The first-order valence-corrected chi connectivity index (χ1v) is 9.43. The summed E-state index contributed by atoms with van der Waals surface area (Å²) >= 11 is 18.0. The van der Waals surface area contributed by atoms with Crippen molar-refractivity contribution >= 4 is 52.4 Å². The Bertz CT molecular complexity index is 991. The first-order chi connectivity index (χ1) is 13.7. The lowest BCUT2D eigenvalue weighted by Crippen LogP contribution is -2.54. The summed E-state index contributed by atoms with van der Waals surface area (Å²) in [6.07, 6.45) is 0.0795. The molecule has 2 aromatic rings. The van der Waals surface area contributed by atoms with Crippen LogP contribution in [0.5, 0.6) is 11.5 Å². The Morgan fingerprint density at radius 1 is 1.24 bits per heavy atom. The standard InChI is InChI=1S/C18H14Cl3F2N3O3/c19-9-2-1-8-5-13(25-18(24)28)17(27)26(4-3-22)15(8)16(9)29-14-7-12(23)10(20)6-11(14)21/h1-2,6-7,13H,3-5H2,(H3,24,25,28)/t13-/m1/s1. The lowest BCUT2D eigenvalue weighted by Gasteiger charge is -2.35. The van der Waals surface area contributed by atoms with Crippen LogP contribution in [0.2, 0.25) is 15.1 Å². The Morgan fingerprint density at radius 3 is 2.62 bits per heavy atom. The molecule has 1 atom stereocenters. The lowest BCUT2D eigenvalue weighted by molar-refractivity contribution is -0.120. The molecule has 1 aliphatic heterocycles. The molecule has 0 saturated carbocycles. The molecule has 29 heavy (non-hydrogen) atoms. The number of primary amides is 1. The molecule has 1 heterocycles. The number of benzene rings is 2. The molecule has 0 unspecified atom stereocenters. The summed E-state index contributed by atoms with van der Waals surface area (Å²) in [5.41, 5.74) is 5.87. The number of carbonyl (C=O) groups excluding carboxylic acids is 2. The molecule has 0 saturated heterocycles. The average molecular weight is 465 g/mol. The molecule has 0 radical (unpaired) electrons. The van der Waals surface area contributed by atoms with Gasteiger partial charge in [0, 0.05) is 12.5 Å². The number of nitrogens with zero attached hydrogens (tertiary/aromatic N) is 1. The molecule has 154 valence electrons. The van der Waals surface area contributed by atoms with Gasteiger partial charge in [0.2, 0.25) is 5.91 Å².